The zero-order chi connectivity index (χ0) is 15.1. The first kappa shape index (κ1) is 13.6. The second-order valence-corrected chi connectivity index (χ2v) is 6.58. The number of hydrogen-bond donors (Lipinski definition) is 1. The molecule has 2 aromatic rings. The predicted molar refractivity (Wildman–Crippen MR) is 84.9 cm³/mol. The number of fused-ring (bicyclic) bond motifs is 1. The van der Waals surface area contributed by atoms with Crippen LogP contribution < -0.4 is 10.5 Å². The average molecular weight is 299 g/mol. The van der Waals surface area contributed by atoms with Crippen molar-refractivity contribution >= 4 is 22.4 Å². The van der Waals surface area contributed by atoms with Crippen LogP contribution in [-0.2, 0) is 4.79 Å². The smallest absolute Gasteiger partial charge is 0.144 e. The number of nitrogens with zero attached hydrogens (tertiary/aromatic N) is 2. The fraction of sp³-hybridized carbons (Fsp3) is 0.529. The van der Waals surface area contributed by atoms with Crippen LogP contribution in [0, 0.1) is 5.92 Å². The number of carbonyl (C=O) groups is 1. The molecule has 22 heavy (non-hydrogen) atoms. The topological polar surface area (TPSA) is 70.1 Å². The van der Waals surface area contributed by atoms with Crippen molar-refractivity contribution < 1.29 is 9.53 Å². The number of hydrogen-bond acceptors (Lipinski definition) is 4. The molecule has 0 saturated heterocycles. The maximum absolute atomic E-state index is 11.4. The summed E-state index contributed by atoms with van der Waals surface area (Å²) in [6, 6.07) is 4.20. The average Bonchev–Trinajstić information content (AvgIpc) is 3.25. The van der Waals surface area contributed by atoms with Gasteiger partial charge in [0.1, 0.15) is 11.5 Å². The van der Waals surface area contributed by atoms with Gasteiger partial charge in [-0.25, -0.2) is 0 Å². The number of benzene rings is 1. The van der Waals surface area contributed by atoms with Crippen LogP contribution >= 0.6 is 0 Å². The monoisotopic (exact) mass is 299 g/mol. The van der Waals surface area contributed by atoms with Crippen molar-refractivity contribution in [1.29, 1.82) is 0 Å². The Morgan fingerprint density at radius 2 is 2.00 bits per heavy atom. The molecular weight excluding hydrogens is 278 g/mol. The van der Waals surface area contributed by atoms with Gasteiger partial charge in [0, 0.05) is 30.5 Å². The molecule has 0 radical (unpaired) electrons. The Balaban J connectivity index is 1.58. The first-order chi connectivity index (χ1) is 10.7. The van der Waals surface area contributed by atoms with Gasteiger partial charge in [0.15, 0.2) is 0 Å². The first-order valence-electron chi connectivity index (χ1n) is 8.12. The molecule has 5 heteroatoms. The maximum Gasteiger partial charge on any atom is 0.144 e. The van der Waals surface area contributed by atoms with E-state index in [1.807, 2.05) is 23.0 Å². The number of nitrogens with two attached hydrogens (primary N) is 1. The van der Waals surface area contributed by atoms with Crippen molar-refractivity contribution in [2.24, 2.45) is 5.92 Å². The number of anilines is 1. The number of rotatable bonds is 4. The molecule has 4 rings (SSSR count). The lowest BCUT2D eigenvalue weighted by Gasteiger charge is -2.20. The molecule has 1 heterocycles. The van der Waals surface area contributed by atoms with Gasteiger partial charge in [-0.15, -0.1) is 0 Å². The van der Waals surface area contributed by atoms with Gasteiger partial charge in [0.25, 0.3) is 0 Å². The molecular formula is C17H21N3O2. The minimum Gasteiger partial charge on any atom is -0.491 e. The zero-order valence-electron chi connectivity index (χ0n) is 12.6. The summed E-state index contributed by atoms with van der Waals surface area (Å²) in [5.41, 5.74) is 7.68. The van der Waals surface area contributed by atoms with E-state index in [1.165, 1.54) is 12.8 Å². The Morgan fingerprint density at radius 3 is 2.73 bits per heavy atom. The molecule has 2 saturated carbocycles. The number of Topliss-reactive ketones (excluding diaryl/α,β-unsaturated/α-hetero) is 1. The molecule has 0 aliphatic heterocycles. The summed E-state index contributed by atoms with van der Waals surface area (Å²) in [7, 11) is 0. The summed E-state index contributed by atoms with van der Waals surface area (Å²) in [5.74, 6) is 1.81. The lowest BCUT2D eigenvalue weighted by atomic mass is 9.95. The number of aromatic nitrogens is 2. The fourth-order valence-corrected chi connectivity index (χ4v) is 3.08. The summed E-state index contributed by atoms with van der Waals surface area (Å²) < 4.78 is 7.82. The van der Waals surface area contributed by atoms with Gasteiger partial charge in [0.05, 0.1) is 23.9 Å². The van der Waals surface area contributed by atoms with E-state index in [0.29, 0.717) is 36.3 Å². The Bertz CT molecular complexity index is 708. The highest BCUT2D eigenvalue weighted by Gasteiger charge is 2.23. The highest BCUT2D eigenvalue weighted by molar-refractivity contribution is 5.85. The molecule has 5 nitrogen and oxygen atoms in total. The van der Waals surface area contributed by atoms with Crippen LogP contribution in [-0.4, -0.2) is 22.2 Å². The summed E-state index contributed by atoms with van der Waals surface area (Å²) in [5, 5.41) is 5.71. The quantitative estimate of drug-likeness (QED) is 0.881. The van der Waals surface area contributed by atoms with Crippen LogP contribution in [0.1, 0.15) is 44.6 Å². The van der Waals surface area contributed by atoms with Crippen molar-refractivity contribution in [3.05, 3.63) is 18.3 Å². The highest BCUT2D eigenvalue weighted by Crippen LogP contribution is 2.34. The van der Waals surface area contributed by atoms with Crippen molar-refractivity contribution in [2.45, 2.75) is 44.6 Å². The number of nitrogen functional groups attached to an aromatic ring is 1. The number of ketones is 1. The van der Waals surface area contributed by atoms with Crippen LogP contribution in [0.15, 0.2) is 18.3 Å². The second-order valence-electron chi connectivity index (χ2n) is 6.58. The molecule has 0 amide bonds. The Hall–Kier alpha value is -2.04. The number of carbonyl (C=O) groups excluding carboxylic acids is 1. The highest BCUT2D eigenvalue weighted by atomic mass is 16.5. The molecule has 116 valence electrons. The molecule has 2 aliphatic carbocycles. The van der Waals surface area contributed by atoms with Gasteiger partial charge in [0.2, 0.25) is 0 Å². The maximum atomic E-state index is 11.4. The van der Waals surface area contributed by atoms with Crippen LogP contribution in [0.5, 0.6) is 5.75 Å². The van der Waals surface area contributed by atoms with Gasteiger partial charge >= 0.3 is 0 Å². The summed E-state index contributed by atoms with van der Waals surface area (Å²) in [6.07, 6.45) is 7.66. The van der Waals surface area contributed by atoms with E-state index in [9.17, 15) is 4.79 Å². The predicted octanol–water partition coefficient (Wildman–Crippen LogP) is 3.09. The lowest BCUT2D eigenvalue weighted by molar-refractivity contribution is -0.120. The van der Waals surface area contributed by atoms with E-state index in [-0.39, 0.29) is 0 Å². The van der Waals surface area contributed by atoms with E-state index < -0.39 is 0 Å². The van der Waals surface area contributed by atoms with Gasteiger partial charge in [-0.3, -0.25) is 9.48 Å². The van der Waals surface area contributed by atoms with Crippen LogP contribution in [0.25, 0.3) is 10.9 Å². The van der Waals surface area contributed by atoms with Gasteiger partial charge in [-0.2, -0.15) is 5.10 Å². The molecule has 2 N–H and O–H groups in total. The van der Waals surface area contributed by atoms with E-state index in [0.717, 1.165) is 36.1 Å². The molecule has 0 atom stereocenters. The Kier molecular flexibility index (Phi) is 3.28. The van der Waals surface area contributed by atoms with Crippen molar-refractivity contribution in [1.82, 2.24) is 9.78 Å². The molecule has 0 unspecified atom stereocenters. The van der Waals surface area contributed by atoms with Crippen molar-refractivity contribution in [2.75, 3.05) is 12.3 Å². The molecule has 2 aliphatic rings. The first-order valence-corrected chi connectivity index (χ1v) is 8.12. The van der Waals surface area contributed by atoms with E-state index in [1.54, 1.807) is 0 Å². The molecule has 0 spiro atoms. The van der Waals surface area contributed by atoms with E-state index in [2.05, 4.69) is 5.10 Å². The fourth-order valence-electron chi connectivity index (χ4n) is 3.08. The third-order valence-electron chi connectivity index (χ3n) is 4.71. The SMILES string of the molecule is Nc1cc2cn(C3CCC(=O)CC3)nc2cc1OCC1CC1. The Morgan fingerprint density at radius 1 is 1.23 bits per heavy atom. The van der Waals surface area contributed by atoms with Crippen molar-refractivity contribution in [3.63, 3.8) is 0 Å². The van der Waals surface area contributed by atoms with Gasteiger partial charge in [-0.05, 0) is 37.7 Å². The molecule has 1 aromatic carbocycles. The summed E-state index contributed by atoms with van der Waals surface area (Å²) in [4.78, 5) is 11.4. The molecule has 1 aromatic heterocycles. The van der Waals surface area contributed by atoms with Crippen LogP contribution in [0.2, 0.25) is 0 Å². The normalized spacial score (nSPS) is 19.7. The second kappa shape index (κ2) is 5.30. The Labute approximate surface area is 129 Å². The third-order valence-corrected chi connectivity index (χ3v) is 4.71. The molecule has 2 fully saturated rings. The van der Waals surface area contributed by atoms with Gasteiger partial charge < -0.3 is 10.5 Å². The lowest BCUT2D eigenvalue weighted by Crippen LogP contribution is -2.18. The third kappa shape index (κ3) is 2.67. The van der Waals surface area contributed by atoms with Crippen LogP contribution in [0.3, 0.4) is 0 Å². The van der Waals surface area contributed by atoms with Crippen molar-refractivity contribution in [3.8, 4) is 5.75 Å². The van der Waals surface area contributed by atoms with E-state index in [4.69, 9.17) is 10.5 Å². The summed E-state index contributed by atoms with van der Waals surface area (Å²) >= 11 is 0. The van der Waals surface area contributed by atoms with Gasteiger partial charge in [-0.1, -0.05) is 0 Å². The van der Waals surface area contributed by atoms with E-state index >= 15 is 0 Å². The number of ether oxygens (including phenoxy) is 1. The van der Waals surface area contributed by atoms with Crippen LogP contribution in [0.4, 0.5) is 5.69 Å². The minimum atomic E-state index is 0.321. The standard InChI is InChI=1S/C17H21N3O2/c18-15-7-12-9-20(13-3-5-14(21)6-4-13)19-16(12)8-17(15)22-10-11-1-2-11/h7-9,11,13H,1-6,10,18H2. The minimum absolute atomic E-state index is 0.321. The molecule has 0 bridgehead atoms. The zero-order valence-corrected chi connectivity index (χ0v) is 12.6. The largest absolute Gasteiger partial charge is 0.491 e. The summed E-state index contributed by atoms with van der Waals surface area (Å²) in [6.45, 7) is 0.751.